The van der Waals surface area contributed by atoms with Crippen LogP contribution in [0.25, 0.3) is 22.2 Å². The molecule has 0 unspecified atom stereocenters. The van der Waals surface area contributed by atoms with E-state index in [1.54, 1.807) is 25.1 Å². The molecule has 1 saturated carbocycles. The van der Waals surface area contributed by atoms with Crippen LogP contribution in [0.3, 0.4) is 0 Å². The van der Waals surface area contributed by atoms with Gasteiger partial charge in [-0.3, -0.25) is 4.72 Å². The number of aromatic nitrogens is 3. The topological polar surface area (TPSA) is 136 Å². The van der Waals surface area contributed by atoms with Gasteiger partial charge in [0, 0.05) is 35.5 Å². The standard InChI is InChI=1S/C26H25FN6O3S/c1-2-12-37(34,35)32-22-9-6-16(13-21(22)27)24-20(15-28)19-8-7-18(36-26-25(29)30-10-11-31-26)14-23(19)33(24)17-4-3-5-17/h6-11,13-14,17,32H,2-5,12H2,1H3,(H2,29,30). The van der Waals surface area contributed by atoms with Gasteiger partial charge in [-0.25, -0.2) is 22.8 Å². The zero-order valence-electron chi connectivity index (χ0n) is 20.1. The Morgan fingerprint density at radius 3 is 2.65 bits per heavy atom. The van der Waals surface area contributed by atoms with Crippen LogP contribution in [0.5, 0.6) is 11.6 Å². The van der Waals surface area contributed by atoms with E-state index < -0.39 is 15.8 Å². The van der Waals surface area contributed by atoms with Gasteiger partial charge in [0.15, 0.2) is 5.82 Å². The summed E-state index contributed by atoms with van der Waals surface area (Å²) in [7, 11) is -3.65. The molecule has 0 amide bonds. The molecule has 37 heavy (non-hydrogen) atoms. The Balaban J connectivity index is 1.62. The quantitative estimate of drug-likeness (QED) is 0.319. The predicted molar refractivity (Wildman–Crippen MR) is 139 cm³/mol. The molecule has 1 aliphatic carbocycles. The Morgan fingerprint density at radius 2 is 2.00 bits per heavy atom. The second-order valence-electron chi connectivity index (χ2n) is 8.93. The van der Waals surface area contributed by atoms with Crippen molar-refractivity contribution in [3.8, 4) is 29.0 Å². The summed E-state index contributed by atoms with van der Waals surface area (Å²) in [4.78, 5) is 8.11. The molecule has 0 radical (unpaired) electrons. The number of rotatable bonds is 8. The number of ether oxygens (including phenoxy) is 1. The fourth-order valence-electron chi connectivity index (χ4n) is 4.53. The van der Waals surface area contributed by atoms with Gasteiger partial charge in [0.25, 0.3) is 5.88 Å². The molecule has 2 heterocycles. The van der Waals surface area contributed by atoms with E-state index in [1.807, 2.05) is 6.07 Å². The molecule has 4 aromatic rings. The van der Waals surface area contributed by atoms with E-state index in [0.29, 0.717) is 34.4 Å². The third-order valence-corrected chi connectivity index (χ3v) is 7.89. The third-order valence-electron chi connectivity index (χ3n) is 6.41. The molecule has 2 aromatic carbocycles. The highest BCUT2D eigenvalue weighted by atomic mass is 32.2. The zero-order valence-corrected chi connectivity index (χ0v) is 20.9. The SMILES string of the molecule is CCCS(=O)(=O)Nc1ccc(-c2c(C#N)c3ccc(Oc4nccnc4N)cc3n2C2CCC2)cc1F. The minimum Gasteiger partial charge on any atom is -0.436 e. The van der Waals surface area contributed by atoms with E-state index in [4.69, 9.17) is 10.5 Å². The zero-order chi connectivity index (χ0) is 26.2. The van der Waals surface area contributed by atoms with Gasteiger partial charge >= 0.3 is 0 Å². The second-order valence-corrected chi connectivity index (χ2v) is 10.8. The van der Waals surface area contributed by atoms with E-state index in [-0.39, 0.29) is 29.2 Å². The molecule has 0 spiro atoms. The number of halogens is 1. The van der Waals surface area contributed by atoms with Crippen LogP contribution in [0.1, 0.15) is 44.2 Å². The highest BCUT2D eigenvalue weighted by molar-refractivity contribution is 7.92. The molecule has 0 aliphatic heterocycles. The molecule has 0 saturated heterocycles. The lowest BCUT2D eigenvalue weighted by Crippen LogP contribution is -2.18. The number of nitrogens with one attached hydrogen (secondary N) is 1. The van der Waals surface area contributed by atoms with Crippen LogP contribution in [0.2, 0.25) is 0 Å². The molecule has 1 fully saturated rings. The van der Waals surface area contributed by atoms with Gasteiger partial charge in [-0.15, -0.1) is 0 Å². The van der Waals surface area contributed by atoms with Crippen molar-refractivity contribution >= 4 is 32.4 Å². The fourth-order valence-corrected chi connectivity index (χ4v) is 5.67. The van der Waals surface area contributed by atoms with Crippen molar-refractivity contribution in [1.29, 1.82) is 5.26 Å². The van der Waals surface area contributed by atoms with Crippen molar-refractivity contribution in [3.63, 3.8) is 0 Å². The highest BCUT2D eigenvalue weighted by Gasteiger charge is 2.28. The molecule has 11 heteroatoms. The van der Waals surface area contributed by atoms with Crippen molar-refractivity contribution in [1.82, 2.24) is 14.5 Å². The molecular formula is C26H25FN6O3S. The first-order valence-electron chi connectivity index (χ1n) is 11.9. The summed E-state index contributed by atoms with van der Waals surface area (Å²) in [5, 5.41) is 10.8. The molecule has 9 nitrogen and oxygen atoms in total. The molecule has 0 bridgehead atoms. The van der Waals surface area contributed by atoms with Crippen LogP contribution >= 0.6 is 0 Å². The second kappa shape index (κ2) is 9.71. The Labute approximate surface area is 213 Å². The summed E-state index contributed by atoms with van der Waals surface area (Å²) in [5.74, 6) is -0.0184. The smallest absolute Gasteiger partial charge is 0.262 e. The van der Waals surface area contributed by atoms with E-state index in [0.717, 1.165) is 24.8 Å². The summed E-state index contributed by atoms with van der Waals surface area (Å²) in [6.45, 7) is 1.74. The summed E-state index contributed by atoms with van der Waals surface area (Å²) in [6.07, 6.45) is 6.25. The first-order valence-corrected chi connectivity index (χ1v) is 13.6. The van der Waals surface area contributed by atoms with Crippen LogP contribution < -0.4 is 15.2 Å². The number of hydrogen-bond donors (Lipinski definition) is 2. The number of nitrogen functional groups attached to an aromatic ring is 1. The fraction of sp³-hybridized carbons (Fsp3) is 0.269. The first-order chi connectivity index (χ1) is 17.8. The van der Waals surface area contributed by atoms with E-state index in [1.165, 1.54) is 24.5 Å². The highest BCUT2D eigenvalue weighted by Crippen LogP contribution is 2.44. The number of anilines is 2. The summed E-state index contributed by atoms with van der Waals surface area (Å²) >= 11 is 0. The number of benzene rings is 2. The maximum Gasteiger partial charge on any atom is 0.262 e. The maximum atomic E-state index is 15.1. The van der Waals surface area contributed by atoms with Crippen molar-refractivity contribution in [2.75, 3.05) is 16.2 Å². The van der Waals surface area contributed by atoms with E-state index in [9.17, 15) is 13.7 Å². The Kier molecular flexibility index (Phi) is 6.43. The van der Waals surface area contributed by atoms with Crippen LogP contribution in [-0.2, 0) is 10.0 Å². The number of sulfonamides is 1. The van der Waals surface area contributed by atoms with Crippen molar-refractivity contribution in [2.45, 2.75) is 38.6 Å². The number of fused-ring (bicyclic) bond motifs is 1. The molecule has 3 N–H and O–H groups in total. The van der Waals surface area contributed by atoms with Gasteiger partial charge in [-0.05, 0) is 49.9 Å². The van der Waals surface area contributed by atoms with Gasteiger partial charge < -0.3 is 15.0 Å². The Morgan fingerprint density at radius 1 is 1.22 bits per heavy atom. The lowest BCUT2D eigenvalue weighted by atomic mass is 9.92. The van der Waals surface area contributed by atoms with Crippen LogP contribution in [0, 0.1) is 17.1 Å². The summed E-state index contributed by atoms with van der Waals surface area (Å²) < 4.78 is 49.6. The van der Waals surface area contributed by atoms with Gasteiger partial charge in [0.2, 0.25) is 10.0 Å². The maximum absolute atomic E-state index is 15.1. The minimum atomic E-state index is -3.65. The lowest BCUT2D eigenvalue weighted by Gasteiger charge is -2.30. The molecule has 1 aliphatic rings. The van der Waals surface area contributed by atoms with Crippen molar-refractivity contribution < 1.29 is 17.5 Å². The predicted octanol–water partition coefficient (Wildman–Crippen LogP) is 5.36. The monoisotopic (exact) mass is 520 g/mol. The molecule has 190 valence electrons. The normalized spacial score (nSPS) is 13.8. The average Bonchev–Trinajstić information content (AvgIpc) is 3.14. The largest absolute Gasteiger partial charge is 0.436 e. The van der Waals surface area contributed by atoms with Crippen molar-refractivity contribution in [2.24, 2.45) is 0 Å². The van der Waals surface area contributed by atoms with E-state index >= 15 is 4.39 Å². The first kappa shape index (κ1) is 24.5. The number of nitriles is 1. The third kappa shape index (κ3) is 4.68. The minimum absolute atomic E-state index is 0.104. The summed E-state index contributed by atoms with van der Waals surface area (Å²) in [5.41, 5.74) is 7.99. The molecular weight excluding hydrogens is 495 g/mol. The molecule has 0 atom stereocenters. The Hall–Kier alpha value is -4.17. The van der Waals surface area contributed by atoms with Crippen LogP contribution in [0.4, 0.5) is 15.9 Å². The molecule has 5 rings (SSSR count). The summed E-state index contributed by atoms with van der Waals surface area (Å²) in [6, 6.07) is 12.0. The van der Waals surface area contributed by atoms with E-state index in [2.05, 4.69) is 25.3 Å². The van der Waals surface area contributed by atoms with Gasteiger partial charge in [0.1, 0.15) is 17.6 Å². The number of nitrogens with two attached hydrogens (primary N) is 1. The number of nitrogens with zero attached hydrogens (tertiary/aromatic N) is 4. The number of hydrogen-bond acceptors (Lipinski definition) is 7. The average molecular weight is 521 g/mol. The Bertz CT molecular complexity index is 1640. The lowest BCUT2D eigenvalue weighted by molar-refractivity contribution is 0.324. The van der Waals surface area contributed by atoms with Gasteiger partial charge in [0.05, 0.1) is 28.2 Å². The molecule has 2 aromatic heterocycles. The van der Waals surface area contributed by atoms with Crippen molar-refractivity contribution in [3.05, 3.63) is 60.2 Å². The van der Waals surface area contributed by atoms with Crippen LogP contribution in [-0.4, -0.2) is 28.7 Å². The van der Waals surface area contributed by atoms with Gasteiger partial charge in [-0.1, -0.05) is 13.0 Å². The van der Waals surface area contributed by atoms with Crippen LogP contribution in [0.15, 0.2) is 48.8 Å². The van der Waals surface area contributed by atoms with Gasteiger partial charge in [-0.2, -0.15) is 5.26 Å².